The van der Waals surface area contributed by atoms with Crippen molar-refractivity contribution in [3.05, 3.63) is 169 Å². The Hall–Kier alpha value is -6.85. The van der Waals surface area contributed by atoms with E-state index < -0.39 is 0 Å². The number of rotatable bonds is 5. The predicted octanol–water partition coefficient (Wildman–Crippen LogP) is 13.1. The molecule has 1 aliphatic rings. The normalized spacial score (nSPS) is 15.2. The van der Waals surface area contributed by atoms with E-state index in [-0.39, 0.29) is 5.41 Å². The fraction of sp³-hybridized carbons (Fsp3) is 0.0816. The molecule has 6 aromatic carbocycles. The molecule has 1 aliphatic carbocycles. The molecule has 5 heteroatoms. The molecule has 9 aromatic rings. The van der Waals surface area contributed by atoms with Gasteiger partial charge < -0.3 is 8.83 Å². The van der Waals surface area contributed by atoms with Crippen molar-refractivity contribution >= 4 is 49.5 Å². The number of nitrogens with zero attached hydrogens (tertiary/aromatic N) is 3. The molecule has 0 saturated carbocycles. The Bertz CT molecular complexity index is 3050. The van der Waals surface area contributed by atoms with Gasteiger partial charge in [-0.3, -0.25) is 0 Å². The van der Waals surface area contributed by atoms with Crippen LogP contribution in [0.1, 0.15) is 31.9 Å². The van der Waals surface area contributed by atoms with Gasteiger partial charge in [0.1, 0.15) is 22.3 Å². The lowest BCUT2D eigenvalue weighted by Gasteiger charge is -2.22. The summed E-state index contributed by atoms with van der Waals surface area (Å²) in [6.07, 6.45) is 6.25. The van der Waals surface area contributed by atoms with Crippen LogP contribution in [-0.2, 0) is 5.41 Å². The van der Waals surface area contributed by atoms with Crippen LogP contribution >= 0.6 is 0 Å². The molecule has 0 spiro atoms. The lowest BCUT2D eigenvalue weighted by molar-refractivity contribution is 0.661. The van der Waals surface area contributed by atoms with E-state index in [9.17, 15) is 0 Å². The first-order valence-electron chi connectivity index (χ1n) is 18.3. The Labute approximate surface area is 312 Å². The molecular formula is C49H35N3O2. The Morgan fingerprint density at radius 2 is 1.13 bits per heavy atom. The van der Waals surface area contributed by atoms with Crippen LogP contribution in [0.5, 0.6) is 0 Å². The summed E-state index contributed by atoms with van der Waals surface area (Å²) < 4.78 is 12.8. The van der Waals surface area contributed by atoms with Crippen molar-refractivity contribution in [2.75, 3.05) is 0 Å². The molecule has 258 valence electrons. The zero-order valence-electron chi connectivity index (χ0n) is 30.2. The van der Waals surface area contributed by atoms with Gasteiger partial charge >= 0.3 is 0 Å². The molecule has 0 unspecified atom stereocenters. The fourth-order valence-electron chi connectivity index (χ4n) is 8.32. The summed E-state index contributed by atoms with van der Waals surface area (Å²) in [5.74, 6) is 1.74. The number of allylic oxidation sites excluding steroid dienone is 5. The summed E-state index contributed by atoms with van der Waals surface area (Å²) >= 11 is 0. The van der Waals surface area contributed by atoms with Gasteiger partial charge in [-0.1, -0.05) is 130 Å². The van der Waals surface area contributed by atoms with Crippen LogP contribution in [0.2, 0.25) is 0 Å². The van der Waals surface area contributed by atoms with Crippen molar-refractivity contribution in [2.45, 2.75) is 26.2 Å². The van der Waals surface area contributed by atoms with Gasteiger partial charge in [0, 0.05) is 43.7 Å². The minimum Gasteiger partial charge on any atom is -0.456 e. The monoisotopic (exact) mass is 697 g/mol. The molecule has 0 bridgehead atoms. The van der Waals surface area contributed by atoms with E-state index in [1.165, 1.54) is 22.3 Å². The molecule has 0 N–H and O–H groups in total. The first kappa shape index (κ1) is 31.9. The summed E-state index contributed by atoms with van der Waals surface area (Å²) in [7, 11) is 0. The topological polar surface area (TPSA) is 65.0 Å². The molecule has 0 fully saturated rings. The van der Waals surface area contributed by atoms with E-state index in [0.29, 0.717) is 17.5 Å². The Balaban J connectivity index is 1.18. The van der Waals surface area contributed by atoms with Gasteiger partial charge in [-0.05, 0) is 76.7 Å². The second-order valence-electron chi connectivity index (χ2n) is 14.3. The zero-order chi connectivity index (χ0) is 36.6. The minimum absolute atomic E-state index is 0.152. The maximum absolute atomic E-state index is 6.50. The van der Waals surface area contributed by atoms with Crippen LogP contribution < -0.4 is 0 Å². The van der Waals surface area contributed by atoms with Crippen molar-refractivity contribution in [3.63, 3.8) is 0 Å². The molecule has 54 heavy (non-hydrogen) atoms. The average Bonchev–Trinajstić information content (AvgIpc) is 3.85. The van der Waals surface area contributed by atoms with Crippen molar-refractivity contribution < 1.29 is 8.83 Å². The highest BCUT2D eigenvalue weighted by atomic mass is 16.3. The van der Waals surface area contributed by atoms with Gasteiger partial charge in [-0.2, -0.15) is 0 Å². The first-order chi connectivity index (χ1) is 26.4. The van der Waals surface area contributed by atoms with Crippen molar-refractivity contribution in [1.29, 1.82) is 0 Å². The van der Waals surface area contributed by atoms with E-state index >= 15 is 0 Å². The van der Waals surface area contributed by atoms with Crippen LogP contribution in [0.15, 0.2) is 167 Å². The van der Waals surface area contributed by atoms with Gasteiger partial charge in [0.15, 0.2) is 17.5 Å². The van der Waals surface area contributed by atoms with E-state index in [4.69, 9.17) is 23.8 Å². The fourth-order valence-corrected chi connectivity index (χ4v) is 8.32. The molecule has 0 saturated heterocycles. The summed E-state index contributed by atoms with van der Waals surface area (Å²) in [6, 6.07) is 43.6. The lowest BCUT2D eigenvalue weighted by atomic mass is 9.81. The highest BCUT2D eigenvalue weighted by Gasteiger charge is 2.37. The van der Waals surface area contributed by atoms with Crippen LogP contribution in [-0.4, -0.2) is 15.0 Å². The molecular weight excluding hydrogens is 663 g/mol. The van der Waals surface area contributed by atoms with E-state index in [1.807, 2.05) is 78.9 Å². The zero-order valence-corrected chi connectivity index (χ0v) is 30.2. The summed E-state index contributed by atoms with van der Waals surface area (Å²) in [6.45, 7) is 10.7. The summed E-state index contributed by atoms with van der Waals surface area (Å²) in [5, 5.41) is 3.97. The standard InChI is InChI=1S/C49H35N3O2/c1-5-14-38-32(6-2)33-25-23-31(28-39(33)49(38,3)4)30-24-26-41-37(27-30)45-36(19-13-22-43(45)54-41)48-51-46(29-15-8-7-9-16-29)50-47(52-48)35-18-12-21-42-44(35)34-17-10-11-20-40(34)53-42/h5-28H,1H2,2-4H3/b32-6-,38-14+. The molecule has 0 atom stereocenters. The van der Waals surface area contributed by atoms with Crippen molar-refractivity contribution in [1.82, 2.24) is 15.0 Å². The third kappa shape index (κ3) is 4.82. The van der Waals surface area contributed by atoms with Crippen molar-refractivity contribution in [3.8, 4) is 45.3 Å². The van der Waals surface area contributed by atoms with Gasteiger partial charge in [-0.25, -0.2) is 15.0 Å². The van der Waals surface area contributed by atoms with Gasteiger partial charge in [0.2, 0.25) is 0 Å². The molecule has 5 nitrogen and oxygen atoms in total. The van der Waals surface area contributed by atoms with Crippen LogP contribution in [0.3, 0.4) is 0 Å². The molecule has 10 rings (SSSR count). The highest BCUT2D eigenvalue weighted by molar-refractivity contribution is 6.14. The smallest absolute Gasteiger partial charge is 0.164 e. The quantitative estimate of drug-likeness (QED) is 0.179. The van der Waals surface area contributed by atoms with Crippen LogP contribution in [0.25, 0.3) is 94.7 Å². The number of aromatic nitrogens is 3. The first-order valence-corrected chi connectivity index (χ1v) is 18.3. The Morgan fingerprint density at radius 1 is 0.537 bits per heavy atom. The number of furan rings is 2. The predicted molar refractivity (Wildman–Crippen MR) is 221 cm³/mol. The number of benzene rings is 6. The Kier molecular flexibility index (Phi) is 7.14. The number of fused-ring (bicyclic) bond motifs is 7. The minimum atomic E-state index is -0.152. The number of hydrogen-bond acceptors (Lipinski definition) is 5. The number of para-hydroxylation sites is 1. The average molecular weight is 698 g/mol. The van der Waals surface area contributed by atoms with Crippen LogP contribution in [0, 0.1) is 0 Å². The SMILES string of the molecule is C=C/C=C1\C(=C/C)c2ccc(-c3ccc4oc5cccc(-c6nc(-c7ccccc7)nc(-c7cccc8oc9ccccc9c78)n6)c5c4c3)cc2C1(C)C. The molecule has 0 radical (unpaired) electrons. The third-order valence-corrected chi connectivity index (χ3v) is 10.9. The van der Waals surface area contributed by atoms with E-state index in [1.54, 1.807) is 0 Å². The molecule has 3 heterocycles. The Morgan fingerprint density at radius 3 is 1.83 bits per heavy atom. The molecule has 0 amide bonds. The maximum atomic E-state index is 6.50. The third-order valence-electron chi connectivity index (χ3n) is 10.9. The second-order valence-corrected chi connectivity index (χ2v) is 14.3. The maximum Gasteiger partial charge on any atom is 0.164 e. The van der Waals surface area contributed by atoms with Crippen molar-refractivity contribution in [2.24, 2.45) is 0 Å². The highest BCUT2D eigenvalue weighted by Crippen LogP contribution is 2.51. The van der Waals surface area contributed by atoms with Gasteiger partial charge in [0.25, 0.3) is 0 Å². The molecule has 0 aliphatic heterocycles. The van der Waals surface area contributed by atoms with Gasteiger partial charge in [-0.15, -0.1) is 0 Å². The number of hydrogen-bond donors (Lipinski definition) is 0. The van der Waals surface area contributed by atoms with E-state index in [0.717, 1.165) is 71.7 Å². The summed E-state index contributed by atoms with van der Waals surface area (Å²) in [5.41, 5.74) is 13.1. The largest absolute Gasteiger partial charge is 0.456 e. The van der Waals surface area contributed by atoms with Gasteiger partial charge in [0.05, 0.1) is 0 Å². The molecule has 3 aromatic heterocycles. The van der Waals surface area contributed by atoms with Crippen LogP contribution in [0.4, 0.5) is 0 Å². The van der Waals surface area contributed by atoms with E-state index in [2.05, 4.69) is 94.1 Å². The summed E-state index contributed by atoms with van der Waals surface area (Å²) in [4.78, 5) is 15.4. The second kappa shape index (κ2) is 12.1. The lowest BCUT2D eigenvalue weighted by Crippen LogP contribution is -2.15.